The summed E-state index contributed by atoms with van der Waals surface area (Å²) in [6, 6.07) is 9.42. The third-order valence-electron chi connectivity index (χ3n) is 4.97. The zero-order chi connectivity index (χ0) is 20.9. The number of nitrogens with two attached hydrogens (primary N) is 1. The summed E-state index contributed by atoms with van der Waals surface area (Å²) >= 11 is 0. The molecule has 3 heterocycles. The molecule has 0 radical (unpaired) electrons. The van der Waals surface area contributed by atoms with Crippen molar-refractivity contribution in [2.24, 2.45) is 5.73 Å². The molecule has 8 nitrogen and oxygen atoms in total. The van der Waals surface area contributed by atoms with E-state index in [1.165, 1.54) is 6.08 Å². The van der Waals surface area contributed by atoms with Crippen molar-refractivity contribution in [3.05, 3.63) is 65.5 Å². The third-order valence-corrected chi connectivity index (χ3v) is 4.97. The number of carbonyl (C=O) groups excluding carboxylic acids is 2. The van der Waals surface area contributed by atoms with Gasteiger partial charge in [0.1, 0.15) is 5.65 Å². The number of H-pyrrole nitrogens is 1. The maximum Gasteiger partial charge on any atom is 0.255 e. The lowest BCUT2D eigenvalue weighted by Crippen LogP contribution is -2.35. The molecule has 3 aromatic rings. The quantitative estimate of drug-likeness (QED) is 0.544. The van der Waals surface area contributed by atoms with Crippen LogP contribution in [0.25, 0.3) is 17.1 Å². The number of benzene rings is 1. The predicted molar refractivity (Wildman–Crippen MR) is 115 cm³/mol. The number of ether oxygens (including phenoxy) is 1. The first-order chi connectivity index (χ1) is 14.6. The summed E-state index contributed by atoms with van der Waals surface area (Å²) in [5, 5.41) is 3.66. The highest BCUT2D eigenvalue weighted by Crippen LogP contribution is 2.22. The number of amides is 2. The van der Waals surface area contributed by atoms with Gasteiger partial charge in [0.2, 0.25) is 5.91 Å². The summed E-state index contributed by atoms with van der Waals surface area (Å²) in [5.74, 6) is -0.738. The Kier molecular flexibility index (Phi) is 5.87. The maximum atomic E-state index is 12.6. The number of anilines is 1. The molecule has 1 aliphatic heterocycles. The van der Waals surface area contributed by atoms with E-state index in [1.807, 2.05) is 30.3 Å². The van der Waals surface area contributed by atoms with Crippen LogP contribution >= 0.6 is 0 Å². The minimum Gasteiger partial charge on any atom is -0.379 e. The third kappa shape index (κ3) is 4.73. The van der Waals surface area contributed by atoms with Crippen LogP contribution in [0.2, 0.25) is 0 Å². The van der Waals surface area contributed by atoms with E-state index in [4.69, 9.17) is 10.5 Å². The maximum absolute atomic E-state index is 12.6. The fourth-order valence-electron chi connectivity index (χ4n) is 3.38. The van der Waals surface area contributed by atoms with E-state index in [0.717, 1.165) is 49.4 Å². The van der Waals surface area contributed by atoms with E-state index in [1.54, 1.807) is 18.5 Å². The lowest BCUT2D eigenvalue weighted by molar-refractivity contribution is -0.113. The monoisotopic (exact) mass is 405 g/mol. The molecule has 0 unspecified atom stereocenters. The first-order valence-electron chi connectivity index (χ1n) is 9.73. The van der Waals surface area contributed by atoms with Gasteiger partial charge in [-0.25, -0.2) is 4.98 Å². The van der Waals surface area contributed by atoms with Crippen molar-refractivity contribution >= 4 is 34.6 Å². The number of pyridine rings is 1. The van der Waals surface area contributed by atoms with Gasteiger partial charge in [-0.3, -0.25) is 14.5 Å². The average Bonchev–Trinajstić information content (AvgIpc) is 3.16. The van der Waals surface area contributed by atoms with E-state index < -0.39 is 5.91 Å². The van der Waals surface area contributed by atoms with Gasteiger partial charge in [0.25, 0.3) is 5.91 Å². The first-order valence-corrected chi connectivity index (χ1v) is 9.73. The molecule has 0 atom stereocenters. The van der Waals surface area contributed by atoms with E-state index in [-0.39, 0.29) is 5.91 Å². The van der Waals surface area contributed by atoms with Crippen LogP contribution < -0.4 is 11.1 Å². The molecule has 0 spiro atoms. The molecule has 2 amide bonds. The Balaban J connectivity index is 1.44. The molecule has 4 N–H and O–H groups in total. The molecule has 30 heavy (non-hydrogen) atoms. The number of aromatic nitrogens is 2. The van der Waals surface area contributed by atoms with Gasteiger partial charge in [-0.1, -0.05) is 12.1 Å². The number of fused-ring (bicyclic) bond motifs is 1. The highest BCUT2D eigenvalue weighted by atomic mass is 16.5. The van der Waals surface area contributed by atoms with Crippen molar-refractivity contribution in [3.63, 3.8) is 0 Å². The molecule has 0 saturated carbocycles. The Hall–Kier alpha value is -3.49. The topological polar surface area (TPSA) is 113 Å². The second kappa shape index (κ2) is 8.89. The molecule has 8 heteroatoms. The Labute approximate surface area is 173 Å². The zero-order valence-corrected chi connectivity index (χ0v) is 16.4. The zero-order valence-electron chi connectivity index (χ0n) is 16.4. The van der Waals surface area contributed by atoms with E-state index in [9.17, 15) is 9.59 Å². The molecule has 0 aliphatic carbocycles. The fraction of sp³-hybridized carbons (Fsp3) is 0.227. The van der Waals surface area contributed by atoms with Crippen LogP contribution in [0, 0.1) is 0 Å². The summed E-state index contributed by atoms with van der Waals surface area (Å²) in [4.78, 5) is 33.3. The second-order valence-electron chi connectivity index (χ2n) is 7.14. The van der Waals surface area contributed by atoms with Gasteiger partial charge in [-0.2, -0.15) is 0 Å². The van der Waals surface area contributed by atoms with Gasteiger partial charge < -0.3 is 20.8 Å². The molecule has 1 fully saturated rings. The number of hydrogen-bond donors (Lipinski definition) is 3. The van der Waals surface area contributed by atoms with Crippen LogP contribution in [0.15, 0.2) is 48.8 Å². The number of rotatable bonds is 6. The van der Waals surface area contributed by atoms with Crippen LogP contribution in [0.1, 0.15) is 21.5 Å². The molecular formula is C22H23N5O3. The molecule has 1 saturated heterocycles. The number of nitrogens with one attached hydrogen (secondary N) is 2. The SMILES string of the molecule is NC(=O)/C=C/c1c[nH]c2ncc(NC(=O)c3ccc(CN4CCOCC4)cc3)cc12. The summed E-state index contributed by atoms with van der Waals surface area (Å²) in [6.45, 7) is 4.22. The van der Waals surface area contributed by atoms with Gasteiger partial charge in [0, 0.05) is 48.4 Å². The van der Waals surface area contributed by atoms with Crippen molar-refractivity contribution in [2.75, 3.05) is 31.6 Å². The number of primary amides is 1. The van der Waals surface area contributed by atoms with Gasteiger partial charge in [-0.15, -0.1) is 0 Å². The predicted octanol–water partition coefficient (Wildman–Crippen LogP) is 2.15. The lowest BCUT2D eigenvalue weighted by Gasteiger charge is -2.26. The van der Waals surface area contributed by atoms with Crippen LogP contribution in [-0.2, 0) is 16.1 Å². The van der Waals surface area contributed by atoms with E-state index >= 15 is 0 Å². The van der Waals surface area contributed by atoms with Gasteiger partial charge in [-0.05, 0) is 29.8 Å². The Bertz CT molecular complexity index is 1080. The Morgan fingerprint density at radius 3 is 2.73 bits per heavy atom. The first kappa shape index (κ1) is 19.8. The fourth-order valence-corrected chi connectivity index (χ4v) is 3.38. The summed E-state index contributed by atoms with van der Waals surface area (Å²) in [6.07, 6.45) is 6.22. The summed E-state index contributed by atoms with van der Waals surface area (Å²) in [5.41, 5.74) is 8.88. The lowest BCUT2D eigenvalue weighted by atomic mass is 10.1. The molecule has 2 aromatic heterocycles. The smallest absolute Gasteiger partial charge is 0.255 e. The molecule has 0 bridgehead atoms. The van der Waals surface area contributed by atoms with Crippen molar-refractivity contribution in [1.82, 2.24) is 14.9 Å². The van der Waals surface area contributed by atoms with E-state index in [2.05, 4.69) is 20.2 Å². The summed E-state index contributed by atoms with van der Waals surface area (Å²) in [7, 11) is 0. The normalized spacial score (nSPS) is 14.9. The van der Waals surface area contributed by atoms with Crippen molar-refractivity contribution in [3.8, 4) is 0 Å². The van der Waals surface area contributed by atoms with Gasteiger partial charge in [0.15, 0.2) is 0 Å². The van der Waals surface area contributed by atoms with Crippen molar-refractivity contribution < 1.29 is 14.3 Å². The van der Waals surface area contributed by atoms with Crippen LogP contribution in [-0.4, -0.2) is 53.0 Å². The molecule has 1 aliphatic rings. The Morgan fingerprint density at radius 2 is 2.00 bits per heavy atom. The highest BCUT2D eigenvalue weighted by molar-refractivity contribution is 6.05. The average molecular weight is 405 g/mol. The van der Waals surface area contributed by atoms with Crippen molar-refractivity contribution in [2.45, 2.75) is 6.54 Å². The standard InChI is InChI=1S/C22H23N5O3/c23-20(28)6-5-17-12-24-21-19(17)11-18(13-25-21)26-22(29)16-3-1-15(2-4-16)14-27-7-9-30-10-8-27/h1-6,11-13H,7-10,14H2,(H2,23,28)(H,24,25)(H,26,29)/b6-5+. The highest BCUT2D eigenvalue weighted by Gasteiger charge is 2.12. The van der Waals surface area contributed by atoms with Gasteiger partial charge >= 0.3 is 0 Å². The van der Waals surface area contributed by atoms with Crippen LogP contribution in [0.3, 0.4) is 0 Å². The largest absolute Gasteiger partial charge is 0.379 e. The summed E-state index contributed by atoms with van der Waals surface area (Å²) < 4.78 is 5.37. The van der Waals surface area contributed by atoms with Gasteiger partial charge in [0.05, 0.1) is 25.1 Å². The molecular weight excluding hydrogens is 382 g/mol. The van der Waals surface area contributed by atoms with Crippen LogP contribution in [0.4, 0.5) is 5.69 Å². The number of morpholine rings is 1. The molecule has 4 rings (SSSR count). The Morgan fingerprint density at radius 1 is 1.23 bits per heavy atom. The van der Waals surface area contributed by atoms with Crippen LogP contribution in [0.5, 0.6) is 0 Å². The number of carbonyl (C=O) groups is 2. The minimum atomic E-state index is -0.529. The number of hydrogen-bond acceptors (Lipinski definition) is 5. The van der Waals surface area contributed by atoms with E-state index in [0.29, 0.717) is 16.9 Å². The second-order valence-corrected chi connectivity index (χ2v) is 7.14. The van der Waals surface area contributed by atoms with Crippen molar-refractivity contribution in [1.29, 1.82) is 0 Å². The molecule has 1 aromatic carbocycles. The number of nitrogens with zero attached hydrogens (tertiary/aromatic N) is 2. The molecule has 154 valence electrons. The minimum absolute atomic E-state index is 0.209. The number of aromatic amines is 1.